The van der Waals surface area contributed by atoms with Crippen molar-refractivity contribution in [3.8, 4) is 11.6 Å². The van der Waals surface area contributed by atoms with Crippen LogP contribution in [0.1, 0.15) is 21.5 Å². The molecule has 0 fully saturated rings. The van der Waals surface area contributed by atoms with Crippen molar-refractivity contribution in [3.63, 3.8) is 0 Å². The molecule has 11 heteroatoms. The van der Waals surface area contributed by atoms with E-state index in [1.807, 2.05) is 0 Å². The van der Waals surface area contributed by atoms with Gasteiger partial charge in [0.1, 0.15) is 11.6 Å². The average Bonchev–Trinajstić information content (AvgIpc) is 2.70. The Kier molecular flexibility index (Phi) is 6.64. The summed E-state index contributed by atoms with van der Waals surface area (Å²) in [4.78, 5) is 26.9. The van der Waals surface area contributed by atoms with Gasteiger partial charge >= 0.3 is 12.1 Å². The van der Waals surface area contributed by atoms with E-state index >= 15 is 0 Å². The third-order valence-corrected chi connectivity index (χ3v) is 4.39. The summed E-state index contributed by atoms with van der Waals surface area (Å²) in [7, 11) is 0. The molecule has 3 aromatic rings. The van der Waals surface area contributed by atoms with Crippen molar-refractivity contribution in [2.24, 2.45) is 0 Å². The number of rotatable bonds is 6. The van der Waals surface area contributed by atoms with Gasteiger partial charge in [-0.15, -0.1) is 0 Å². The molecule has 0 aliphatic carbocycles. The van der Waals surface area contributed by atoms with Crippen LogP contribution in [-0.2, 0) is 17.4 Å². The van der Waals surface area contributed by atoms with E-state index in [1.54, 1.807) is 0 Å². The van der Waals surface area contributed by atoms with Crippen molar-refractivity contribution >= 4 is 29.2 Å². The van der Waals surface area contributed by atoms with Gasteiger partial charge in [0.05, 0.1) is 28.9 Å². The van der Waals surface area contributed by atoms with Crippen molar-refractivity contribution in [1.29, 1.82) is 0 Å². The van der Waals surface area contributed by atoms with Gasteiger partial charge in [0.25, 0.3) is 5.91 Å². The fraction of sp³-hybridized carbons (Fsp3) is 0.0952. The topological polar surface area (TPSA) is 88.5 Å². The molecule has 3 rings (SSSR count). The Bertz CT molecular complexity index is 1170. The molecule has 0 aliphatic rings. The van der Waals surface area contributed by atoms with Crippen LogP contribution in [0.25, 0.3) is 0 Å². The second-order valence-corrected chi connectivity index (χ2v) is 6.88. The Labute approximate surface area is 183 Å². The zero-order valence-corrected chi connectivity index (χ0v) is 16.7. The van der Waals surface area contributed by atoms with Crippen LogP contribution in [0.15, 0.2) is 54.7 Å². The highest BCUT2D eigenvalue weighted by molar-refractivity contribution is 6.32. The Balaban J connectivity index is 1.67. The molecule has 1 amide bonds. The monoisotopic (exact) mass is 468 g/mol. The van der Waals surface area contributed by atoms with Crippen LogP contribution in [-0.4, -0.2) is 22.0 Å². The van der Waals surface area contributed by atoms with Gasteiger partial charge in [-0.1, -0.05) is 17.7 Å². The minimum atomic E-state index is -4.86. The SMILES string of the molecule is O=C(O)Cc1ccc(Oc2ccc(NC(=O)c3ccc(C(F)(F)F)c(F)c3)cn2)c(Cl)c1. The van der Waals surface area contributed by atoms with Gasteiger partial charge in [-0.25, -0.2) is 9.37 Å². The summed E-state index contributed by atoms with van der Waals surface area (Å²) in [5.41, 5.74) is -1.10. The summed E-state index contributed by atoms with van der Waals surface area (Å²) in [6, 6.07) is 9.12. The molecule has 32 heavy (non-hydrogen) atoms. The summed E-state index contributed by atoms with van der Waals surface area (Å²) in [6.45, 7) is 0. The largest absolute Gasteiger partial charge is 0.481 e. The number of ether oxygens (including phenoxy) is 1. The summed E-state index contributed by atoms with van der Waals surface area (Å²) in [6.07, 6.45) is -3.84. The average molecular weight is 469 g/mol. The highest BCUT2D eigenvalue weighted by Gasteiger charge is 2.34. The number of benzene rings is 2. The summed E-state index contributed by atoms with van der Waals surface area (Å²) >= 11 is 6.08. The van der Waals surface area contributed by atoms with Crippen molar-refractivity contribution in [1.82, 2.24) is 4.98 Å². The van der Waals surface area contributed by atoms with Gasteiger partial charge in [0.15, 0.2) is 0 Å². The third-order valence-electron chi connectivity index (χ3n) is 4.10. The normalized spacial score (nSPS) is 11.2. The predicted molar refractivity (Wildman–Crippen MR) is 106 cm³/mol. The smallest absolute Gasteiger partial charge is 0.419 e. The molecule has 0 bridgehead atoms. The van der Waals surface area contributed by atoms with E-state index in [0.717, 1.165) is 6.07 Å². The maximum absolute atomic E-state index is 13.7. The van der Waals surface area contributed by atoms with E-state index < -0.39 is 29.4 Å². The Morgan fingerprint density at radius 3 is 2.41 bits per heavy atom. The molecule has 2 N–H and O–H groups in total. The molecule has 0 atom stereocenters. The summed E-state index contributed by atoms with van der Waals surface area (Å²) in [5.74, 6) is -3.06. The number of carboxylic acid groups (broad SMARTS) is 1. The minimum Gasteiger partial charge on any atom is -0.481 e. The molecule has 0 radical (unpaired) electrons. The van der Waals surface area contributed by atoms with Crippen LogP contribution in [0.2, 0.25) is 5.02 Å². The molecule has 0 saturated heterocycles. The number of pyridine rings is 1. The van der Waals surface area contributed by atoms with Crippen molar-refractivity contribution in [2.75, 3.05) is 5.32 Å². The fourth-order valence-electron chi connectivity index (χ4n) is 2.63. The van der Waals surface area contributed by atoms with Crippen LogP contribution in [0.4, 0.5) is 23.2 Å². The van der Waals surface area contributed by atoms with Gasteiger partial charge in [-0.05, 0) is 42.0 Å². The number of aliphatic carboxylic acids is 1. The highest BCUT2D eigenvalue weighted by Crippen LogP contribution is 2.32. The standard InChI is InChI=1S/C21H13ClF4N2O4/c22-15-7-11(8-19(29)30)1-5-17(15)32-18-6-3-13(10-27-18)28-20(31)12-2-4-14(16(23)9-12)21(24,25)26/h1-7,9-10H,8H2,(H,28,31)(H,29,30). The van der Waals surface area contributed by atoms with Crippen LogP contribution < -0.4 is 10.1 Å². The number of amides is 1. The molecule has 2 aromatic carbocycles. The van der Waals surface area contributed by atoms with E-state index in [0.29, 0.717) is 17.7 Å². The summed E-state index contributed by atoms with van der Waals surface area (Å²) < 4.78 is 57.0. The van der Waals surface area contributed by atoms with Gasteiger partial charge in [0, 0.05) is 11.6 Å². The van der Waals surface area contributed by atoms with Gasteiger partial charge in [0.2, 0.25) is 5.88 Å². The number of nitrogens with zero attached hydrogens (tertiary/aromatic N) is 1. The summed E-state index contributed by atoms with van der Waals surface area (Å²) in [5, 5.41) is 11.4. The third kappa shape index (κ3) is 5.73. The van der Waals surface area contributed by atoms with Crippen LogP contribution in [0.3, 0.4) is 0 Å². The van der Waals surface area contributed by atoms with Gasteiger partial charge < -0.3 is 15.2 Å². The lowest BCUT2D eigenvalue weighted by atomic mass is 10.1. The van der Waals surface area contributed by atoms with Crippen molar-refractivity contribution in [3.05, 3.63) is 82.3 Å². The number of halogens is 5. The van der Waals surface area contributed by atoms with Crippen LogP contribution in [0.5, 0.6) is 11.6 Å². The van der Waals surface area contributed by atoms with E-state index in [9.17, 15) is 27.2 Å². The van der Waals surface area contributed by atoms with E-state index in [4.69, 9.17) is 21.4 Å². The first kappa shape index (κ1) is 23.0. The van der Waals surface area contributed by atoms with E-state index in [2.05, 4.69) is 10.3 Å². The van der Waals surface area contributed by atoms with Crippen molar-refractivity contribution in [2.45, 2.75) is 12.6 Å². The second kappa shape index (κ2) is 9.23. The van der Waals surface area contributed by atoms with E-state index in [-0.39, 0.29) is 34.3 Å². The number of aromatic nitrogens is 1. The first-order chi connectivity index (χ1) is 15.0. The highest BCUT2D eigenvalue weighted by atomic mass is 35.5. The second-order valence-electron chi connectivity index (χ2n) is 6.47. The number of anilines is 1. The molecular formula is C21H13ClF4N2O4. The number of alkyl halides is 3. The van der Waals surface area contributed by atoms with E-state index in [1.165, 1.54) is 36.5 Å². The fourth-order valence-corrected chi connectivity index (χ4v) is 2.87. The zero-order chi connectivity index (χ0) is 23.5. The molecule has 0 aliphatic heterocycles. The first-order valence-electron chi connectivity index (χ1n) is 8.85. The van der Waals surface area contributed by atoms with Crippen LogP contribution in [0, 0.1) is 5.82 Å². The number of hydrogen-bond donors (Lipinski definition) is 2. The number of hydrogen-bond acceptors (Lipinski definition) is 4. The molecular weight excluding hydrogens is 456 g/mol. The molecule has 0 unspecified atom stereocenters. The lowest BCUT2D eigenvalue weighted by molar-refractivity contribution is -0.140. The van der Waals surface area contributed by atoms with Gasteiger partial charge in [-0.3, -0.25) is 9.59 Å². The molecule has 0 saturated carbocycles. The maximum Gasteiger partial charge on any atom is 0.419 e. The number of carboxylic acids is 1. The Morgan fingerprint density at radius 2 is 1.84 bits per heavy atom. The number of nitrogens with one attached hydrogen (secondary N) is 1. The predicted octanol–water partition coefficient (Wildman–Crippen LogP) is 5.56. The van der Waals surface area contributed by atoms with Crippen LogP contribution >= 0.6 is 11.6 Å². The molecule has 166 valence electrons. The number of carbonyl (C=O) groups excluding carboxylic acids is 1. The molecule has 1 aromatic heterocycles. The lowest BCUT2D eigenvalue weighted by Crippen LogP contribution is -2.14. The lowest BCUT2D eigenvalue weighted by Gasteiger charge is -2.10. The Morgan fingerprint density at radius 1 is 1.09 bits per heavy atom. The zero-order valence-electron chi connectivity index (χ0n) is 15.9. The maximum atomic E-state index is 13.7. The quantitative estimate of drug-likeness (QED) is 0.462. The number of carbonyl (C=O) groups is 2. The minimum absolute atomic E-state index is 0.108. The van der Waals surface area contributed by atoms with Crippen molar-refractivity contribution < 1.29 is 37.0 Å². The molecule has 1 heterocycles. The molecule has 0 spiro atoms. The Hall–Kier alpha value is -3.66. The first-order valence-corrected chi connectivity index (χ1v) is 9.23. The van der Waals surface area contributed by atoms with Gasteiger partial charge in [-0.2, -0.15) is 13.2 Å². The molecule has 6 nitrogen and oxygen atoms in total.